The van der Waals surface area contributed by atoms with Crippen molar-refractivity contribution in [1.29, 1.82) is 0 Å². The number of hydrogen-bond acceptors (Lipinski definition) is 7. The van der Waals surface area contributed by atoms with Gasteiger partial charge in [-0.25, -0.2) is 18.4 Å². The van der Waals surface area contributed by atoms with Crippen LogP contribution in [-0.4, -0.2) is 82.6 Å². The largest absolute Gasteiger partial charge is 0.458 e. The van der Waals surface area contributed by atoms with Crippen LogP contribution in [0.1, 0.15) is 102 Å². The number of alkyl halides is 2. The molecule has 0 aromatic heterocycles. The number of hydrogen-bond donors (Lipinski definition) is 4. The summed E-state index contributed by atoms with van der Waals surface area (Å²) in [5.74, 6) is -8.97. The van der Waals surface area contributed by atoms with Crippen molar-refractivity contribution >= 4 is 35.5 Å². The maximum absolute atomic E-state index is 14.3. The lowest BCUT2D eigenvalue weighted by atomic mass is 9.79. The molecule has 47 heavy (non-hydrogen) atoms. The number of urea groups is 1. The molecular weight excluding hydrogens is 616 g/mol. The summed E-state index contributed by atoms with van der Waals surface area (Å²) < 4.78 is 33.0. The Morgan fingerprint density at radius 2 is 1.34 bits per heavy atom. The van der Waals surface area contributed by atoms with Gasteiger partial charge in [-0.2, -0.15) is 0 Å². The second-order valence-electron chi connectivity index (χ2n) is 17.2. The first-order valence-corrected chi connectivity index (χ1v) is 16.1. The Hall–Kier alpha value is -3.32. The van der Waals surface area contributed by atoms with Gasteiger partial charge < -0.3 is 31.3 Å². The fraction of sp³-hybridized carbons (Fsp3) is 0.818. The molecule has 5 N–H and O–H groups in total. The van der Waals surface area contributed by atoms with Gasteiger partial charge in [0, 0.05) is 18.9 Å². The van der Waals surface area contributed by atoms with E-state index in [1.807, 2.05) is 20.8 Å². The van der Waals surface area contributed by atoms with Crippen molar-refractivity contribution in [1.82, 2.24) is 20.9 Å². The van der Waals surface area contributed by atoms with Crippen molar-refractivity contribution in [2.24, 2.45) is 33.8 Å². The Morgan fingerprint density at radius 1 is 0.851 bits per heavy atom. The number of ketones is 1. The summed E-state index contributed by atoms with van der Waals surface area (Å²) in [6.07, 6.45) is -0.759. The van der Waals surface area contributed by atoms with Gasteiger partial charge in [0.05, 0.1) is 6.04 Å². The third-order valence-corrected chi connectivity index (χ3v) is 8.64. The minimum absolute atomic E-state index is 0.133. The van der Waals surface area contributed by atoms with E-state index in [9.17, 15) is 37.5 Å². The standard InChI is InChI=1S/C33H55F2N5O7/c1-29(2,3)18-14-20(25(43)37-19(21(41)24(36)42)13-17-15-33(17,34)35)40(16-18)26(44)22(30(4,5)6)38-28(46)39-23(31(7,8)9)27(45)47-32(10,11)12/h17-20,22-23H,13-16H2,1-12H3,(H2,36,42)(H,37,43)(H2,38,39,46)/t17?,18-,19?,20+,22-,23-/m1/s1. The molecule has 2 aliphatic rings. The summed E-state index contributed by atoms with van der Waals surface area (Å²) >= 11 is 0. The van der Waals surface area contributed by atoms with Gasteiger partial charge in [-0.15, -0.1) is 0 Å². The molecule has 268 valence electrons. The molecule has 0 spiro atoms. The predicted molar refractivity (Wildman–Crippen MR) is 171 cm³/mol. The van der Waals surface area contributed by atoms with Crippen LogP contribution in [0.15, 0.2) is 0 Å². The monoisotopic (exact) mass is 671 g/mol. The fourth-order valence-electron chi connectivity index (χ4n) is 5.54. The average molecular weight is 672 g/mol. The predicted octanol–water partition coefficient (Wildman–Crippen LogP) is 3.30. The lowest BCUT2D eigenvalue weighted by Gasteiger charge is -2.37. The maximum Gasteiger partial charge on any atom is 0.329 e. The molecule has 2 unspecified atom stereocenters. The Kier molecular flexibility index (Phi) is 11.6. The normalized spacial score (nSPS) is 23.2. The number of nitrogens with one attached hydrogen (secondary N) is 3. The highest BCUT2D eigenvalue weighted by Gasteiger charge is 2.58. The summed E-state index contributed by atoms with van der Waals surface area (Å²) in [5.41, 5.74) is 2.37. The molecule has 1 saturated heterocycles. The fourth-order valence-corrected chi connectivity index (χ4v) is 5.54. The lowest BCUT2D eigenvalue weighted by molar-refractivity contribution is -0.160. The van der Waals surface area contributed by atoms with E-state index in [2.05, 4.69) is 16.0 Å². The highest BCUT2D eigenvalue weighted by Crippen LogP contribution is 2.51. The van der Waals surface area contributed by atoms with Crippen molar-refractivity contribution < 1.29 is 42.3 Å². The van der Waals surface area contributed by atoms with Crippen LogP contribution in [0.2, 0.25) is 0 Å². The van der Waals surface area contributed by atoms with E-state index in [0.717, 1.165) is 0 Å². The molecule has 1 aliphatic carbocycles. The van der Waals surface area contributed by atoms with Crippen LogP contribution in [0.3, 0.4) is 0 Å². The van der Waals surface area contributed by atoms with E-state index in [1.165, 1.54) is 4.90 Å². The van der Waals surface area contributed by atoms with Gasteiger partial charge in [0.15, 0.2) is 0 Å². The molecule has 6 atom stereocenters. The summed E-state index contributed by atoms with van der Waals surface area (Å²) in [6, 6.07) is -5.74. The van der Waals surface area contributed by atoms with Gasteiger partial charge in [-0.1, -0.05) is 62.3 Å². The van der Waals surface area contributed by atoms with Crippen LogP contribution in [0, 0.1) is 28.1 Å². The molecule has 12 nitrogen and oxygen atoms in total. The van der Waals surface area contributed by atoms with Crippen molar-refractivity contribution in [2.45, 2.75) is 138 Å². The van der Waals surface area contributed by atoms with E-state index in [4.69, 9.17) is 10.5 Å². The molecule has 1 saturated carbocycles. The summed E-state index contributed by atoms with van der Waals surface area (Å²) in [7, 11) is 0. The minimum Gasteiger partial charge on any atom is -0.458 e. The zero-order valence-corrected chi connectivity index (χ0v) is 29.9. The molecule has 0 radical (unpaired) electrons. The molecule has 2 fully saturated rings. The molecule has 0 aromatic carbocycles. The number of carbonyl (C=O) groups is 6. The zero-order chi connectivity index (χ0) is 36.7. The zero-order valence-electron chi connectivity index (χ0n) is 29.9. The number of nitrogens with two attached hydrogens (primary N) is 1. The van der Waals surface area contributed by atoms with Crippen molar-refractivity contribution in [3.8, 4) is 0 Å². The summed E-state index contributed by atoms with van der Waals surface area (Å²) in [6.45, 7) is 21.6. The van der Waals surface area contributed by atoms with Gasteiger partial charge in [0.2, 0.25) is 17.6 Å². The topological polar surface area (TPSA) is 177 Å². The second-order valence-corrected chi connectivity index (χ2v) is 17.2. The molecule has 14 heteroatoms. The van der Waals surface area contributed by atoms with Crippen molar-refractivity contribution in [2.75, 3.05) is 6.54 Å². The van der Waals surface area contributed by atoms with Gasteiger partial charge in [-0.3, -0.25) is 19.2 Å². The quantitative estimate of drug-likeness (QED) is 0.203. The number of amides is 5. The van der Waals surface area contributed by atoms with E-state index in [-0.39, 0.29) is 24.3 Å². The number of primary amides is 1. The Bertz CT molecular complexity index is 1240. The first-order chi connectivity index (χ1) is 21.0. The van der Waals surface area contributed by atoms with Crippen LogP contribution >= 0.6 is 0 Å². The smallest absolute Gasteiger partial charge is 0.329 e. The number of likely N-dealkylation sites (tertiary alicyclic amines) is 1. The first-order valence-electron chi connectivity index (χ1n) is 16.1. The van der Waals surface area contributed by atoms with Crippen LogP contribution in [0.4, 0.5) is 13.6 Å². The molecular formula is C33H55F2N5O7. The molecule has 1 heterocycles. The van der Waals surface area contributed by atoms with Gasteiger partial charge >= 0.3 is 12.0 Å². The average Bonchev–Trinajstić information content (AvgIpc) is 3.24. The van der Waals surface area contributed by atoms with Crippen molar-refractivity contribution in [3.63, 3.8) is 0 Å². The third-order valence-electron chi connectivity index (χ3n) is 8.64. The summed E-state index contributed by atoms with van der Waals surface area (Å²) in [4.78, 5) is 80.0. The van der Waals surface area contributed by atoms with Crippen LogP contribution in [0.5, 0.6) is 0 Å². The minimum atomic E-state index is -3.00. The van der Waals surface area contributed by atoms with Gasteiger partial charge in [0.1, 0.15) is 23.7 Å². The molecule has 5 amide bonds. The Labute approximate surface area is 277 Å². The number of carbonyl (C=O) groups excluding carboxylic acids is 6. The van der Waals surface area contributed by atoms with Crippen LogP contribution in [-0.2, 0) is 28.7 Å². The van der Waals surface area contributed by atoms with E-state index in [0.29, 0.717) is 0 Å². The second kappa shape index (κ2) is 13.7. The van der Waals surface area contributed by atoms with E-state index < -0.39 is 101 Å². The molecule has 0 aromatic rings. The van der Waals surface area contributed by atoms with E-state index in [1.54, 1.807) is 62.3 Å². The molecule has 2 rings (SSSR count). The Balaban J connectivity index is 2.38. The number of esters is 1. The number of halogens is 2. The SMILES string of the molecule is CC(C)(C)OC(=O)[C@@H](NC(=O)N[C@H](C(=O)N1C[C@H](C(C)(C)C)C[C@H]1C(=O)NC(CC1CC1(F)F)C(=O)C(N)=O)C(C)(C)C)C(C)(C)C. The number of rotatable bonds is 10. The maximum atomic E-state index is 14.3. The van der Waals surface area contributed by atoms with E-state index >= 15 is 0 Å². The Morgan fingerprint density at radius 3 is 1.74 bits per heavy atom. The lowest BCUT2D eigenvalue weighted by Crippen LogP contribution is -2.62. The highest BCUT2D eigenvalue weighted by atomic mass is 19.3. The van der Waals surface area contributed by atoms with Crippen molar-refractivity contribution in [3.05, 3.63) is 0 Å². The number of ether oxygens (including phenoxy) is 1. The van der Waals surface area contributed by atoms with Crippen LogP contribution in [0.25, 0.3) is 0 Å². The van der Waals surface area contributed by atoms with Gasteiger partial charge in [-0.05, 0) is 55.8 Å². The summed E-state index contributed by atoms with van der Waals surface area (Å²) in [5, 5.41) is 7.79. The van der Waals surface area contributed by atoms with Gasteiger partial charge in [0.25, 0.3) is 11.8 Å². The molecule has 1 aliphatic heterocycles. The van der Waals surface area contributed by atoms with Crippen LogP contribution < -0.4 is 21.7 Å². The molecule has 0 bridgehead atoms. The number of nitrogens with zero attached hydrogens (tertiary/aromatic N) is 1. The number of Topliss-reactive ketones (excluding diaryl/α,β-unsaturated/α-hetero) is 1. The third kappa shape index (κ3) is 10.9. The first kappa shape index (κ1) is 39.9. The highest BCUT2D eigenvalue weighted by molar-refractivity contribution is 6.37.